The quantitative estimate of drug-likeness (QED) is 0.598. The van der Waals surface area contributed by atoms with Gasteiger partial charge in [-0.2, -0.15) is 5.26 Å². The van der Waals surface area contributed by atoms with E-state index in [1.807, 2.05) is 18.2 Å². The average Bonchev–Trinajstić information content (AvgIpc) is 2.20. The highest BCUT2D eigenvalue weighted by molar-refractivity contribution is 14.1. The molecule has 0 aliphatic rings. The first-order valence-electron chi connectivity index (χ1n) is 4.36. The van der Waals surface area contributed by atoms with Crippen molar-refractivity contribution in [2.45, 2.75) is 18.2 Å². The number of hydrogen-bond acceptors (Lipinski definition) is 2. The lowest BCUT2D eigenvalue weighted by Gasteiger charge is -2.12. The van der Waals surface area contributed by atoms with E-state index in [0.29, 0.717) is 6.42 Å². The Morgan fingerprint density at radius 2 is 2.33 bits per heavy atom. The number of nitriles is 1. The second-order valence-electron chi connectivity index (χ2n) is 3.12. The molecule has 0 radical (unpaired) electrons. The minimum Gasteiger partial charge on any atom is -0.298 e. The highest BCUT2D eigenvalue weighted by atomic mass is 127. The van der Waals surface area contributed by atoms with Crippen LogP contribution in [-0.4, -0.2) is 5.78 Å². The Bertz CT molecular complexity index is 425. The van der Waals surface area contributed by atoms with Crippen LogP contribution in [0.3, 0.4) is 0 Å². The van der Waals surface area contributed by atoms with Gasteiger partial charge in [0.25, 0.3) is 0 Å². The van der Waals surface area contributed by atoms with Crippen molar-refractivity contribution in [2.24, 2.45) is 0 Å². The van der Waals surface area contributed by atoms with Crippen LogP contribution in [0.1, 0.15) is 22.9 Å². The van der Waals surface area contributed by atoms with Gasteiger partial charge in [0.05, 0.1) is 17.3 Å². The van der Waals surface area contributed by atoms with E-state index < -0.39 is 0 Å². The number of benzene rings is 1. The molecule has 78 valence electrons. The van der Waals surface area contributed by atoms with Crippen LogP contribution in [0.15, 0.2) is 18.2 Å². The molecule has 1 atom stereocenters. The van der Waals surface area contributed by atoms with Crippen molar-refractivity contribution in [3.63, 3.8) is 0 Å². The summed E-state index contributed by atoms with van der Waals surface area (Å²) in [4.78, 5) is 11.0. The largest absolute Gasteiger partial charge is 0.298 e. The first-order chi connectivity index (χ1) is 7.07. The molecule has 15 heavy (non-hydrogen) atoms. The summed E-state index contributed by atoms with van der Waals surface area (Å²) >= 11 is 5.53. The van der Waals surface area contributed by atoms with Crippen LogP contribution in [0.5, 0.6) is 0 Å². The van der Waals surface area contributed by atoms with Gasteiger partial charge in [0.2, 0.25) is 0 Å². The first-order valence-corrected chi connectivity index (χ1v) is 6.36. The summed E-state index contributed by atoms with van der Waals surface area (Å²) in [7, 11) is 0. The molecule has 0 amide bonds. The summed E-state index contributed by atoms with van der Waals surface area (Å²) in [6.07, 6.45) is 0.337. The SMILES string of the molecule is CC(=O)C(Br)c1cccc(I)c1CC#N. The van der Waals surface area contributed by atoms with Crippen molar-refractivity contribution in [1.82, 2.24) is 0 Å². The summed E-state index contributed by atoms with van der Waals surface area (Å²) in [5.74, 6) is 0.0520. The van der Waals surface area contributed by atoms with Crippen LogP contribution >= 0.6 is 38.5 Å². The highest BCUT2D eigenvalue weighted by Gasteiger charge is 2.17. The monoisotopic (exact) mass is 377 g/mol. The molecule has 4 heteroatoms. The van der Waals surface area contributed by atoms with Crippen molar-refractivity contribution in [1.29, 1.82) is 5.26 Å². The number of Topliss-reactive ketones (excluding diaryl/α,β-unsaturated/α-hetero) is 1. The molecule has 0 fully saturated rings. The predicted octanol–water partition coefficient (Wildman–Crippen LogP) is 3.38. The Morgan fingerprint density at radius 3 is 2.87 bits per heavy atom. The van der Waals surface area contributed by atoms with Crippen LogP contribution in [0.25, 0.3) is 0 Å². The van der Waals surface area contributed by atoms with Gasteiger partial charge >= 0.3 is 0 Å². The molecular weight excluding hydrogens is 369 g/mol. The average molecular weight is 378 g/mol. The van der Waals surface area contributed by atoms with Crippen LogP contribution in [0.4, 0.5) is 0 Å². The zero-order valence-electron chi connectivity index (χ0n) is 8.13. The van der Waals surface area contributed by atoms with Crippen molar-refractivity contribution < 1.29 is 4.79 Å². The van der Waals surface area contributed by atoms with E-state index in [9.17, 15) is 4.79 Å². The number of rotatable bonds is 3. The van der Waals surface area contributed by atoms with E-state index in [-0.39, 0.29) is 10.6 Å². The Balaban J connectivity index is 3.23. The standard InChI is InChI=1S/C11H9BrINO/c1-7(15)11(12)9-3-2-4-10(13)8(9)5-6-14/h2-4,11H,5H2,1H3. The fraction of sp³-hybridized carbons (Fsp3) is 0.273. The van der Waals surface area contributed by atoms with Crippen LogP contribution < -0.4 is 0 Å². The van der Waals surface area contributed by atoms with Gasteiger partial charge in [0.15, 0.2) is 0 Å². The van der Waals surface area contributed by atoms with E-state index in [1.165, 1.54) is 6.92 Å². The van der Waals surface area contributed by atoms with Gasteiger partial charge in [-0.1, -0.05) is 28.1 Å². The smallest absolute Gasteiger partial charge is 0.147 e. The van der Waals surface area contributed by atoms with Gasteiger partial charge in [-0.25, -0.2) is 0 Å². The van der Waals surface area contributed by atoms with Gasteiger partial charge in [0.1, 0.15) is 5.78 Å². The molecule has 0 heterocycles. The third kappa shape index (κ3) is 3.02. The van der Waals surface area contributed by atoms with Gasteiger partial charge in [-0.3, -0.25) is 4.79 Å². The molecule has 2 nitrogen and oxygen atoms in total. The summed E-state index contributed by atoms with van der Waals surface area (Å²) < 4.78 is 1.03. The first kappa shape index (κ1) is 12.7. The summed E-state index contributed by atoms with van der Waals surface area (Å²) in [5.41, 5.74) is 1.84. The van der Waals surface area contributed by atoms with Gasteiger partial charge in [-0.15, -0.1) is 0 Å². The van der Waals surface area contributed by atoms with E-state index in [1.54, 1.807) is 0 Å². The Kier molecular flexibility index (Phi) is 4.74. The maximum absolute atomic E-state index is 11.3. The van der Waals surface area contributed by atoms with Crippen molar-refractivity contribution in [3.8, 4) is 6.07 Å². The third-order valence-corrected chi connectivity index (χ3v) is 4.19. The van der Waals surface area contributed by atoms with Crippen LogP contribution in [-0.2, 0) is 11.2 Å². The molecule has 1 aromatic carbocycles. The lowest BCUT2D eigenvalue weighted by Crippen LogP contribution is -2.05. The van der Waals surface area contributed by atoms with Gasteiger partial charge in [0, 0.05) is 3.57 Å². The molecule has 0 aromatic heterocycles. The zero-order chi connectivity index (χ0) is 11.4. The molecule has 0 saturated carbocycles. The predicted molar refractivity (Wildman–Crippen MR) is 70.8 cm³/mol. The van der Waals surface area contributed by atoms with Gasteiger partial charge in [-0.05, 0) is 46.7 Å². The number of ketones is 1. The molecule has 0 bridgehead atoms. The molecule has 1 unspecified atom stereocenters. The van der Waals surface area contributed by atoms with Crippen molar-refractivity contribution >= 4 is 44.3 Å². The minimum atomic E-state index is -0.310. The molecule has 1 aromatic rings. The fourth-order valence-electron chi connectivity index (χ4n) is 1.30. The lowest BCUT2D eigenvalue weighted by atomic mass is 10.0. The van der Waals surface area contributed by atoms with E-state index in [4.69, 9.17) is 5.26 Å². The van der Waals surface area contributed by atoms with E-state index in [0.717, 1.165) is 14.7 Å². The second kappa shape index (κ2) is 5.61. The van der Waals surface area contributed by atoms with Crippen molar-refractivity contribution in [2.75, 3.05) is 0 Å². The Hall–Kier alpha value is -0.410. The van der Waals surface area contributed by atoms with E-state index >= 15 is 0 Å². The number of carbonyl (C=O) groups excluding carboxylic acids is 1. The second-order valence-corrected chi connectivity index (χ2v) is 5.19. The van der Waals surface area contributed by atoms with Crippen LogP contribution in [0.2, 0.25) is 0 Å². The maximum atomic E-state index is 11.3. The third-order valence-electron chi connectivity index (χ3n) is 2.04. The molecule has 0 spiro atoms. The summed E-state index contributed by atoms with van der Waals surface area (Å²) in [6.45, 7) is 1.54. The van der Waals surface area contributed by atoms with Crippen LogP contribution in [0, 0.1) is 14.9 Å². The molecule has 0 aliphatic carbocycles. The van der Waals surface area contributed by atoms with Gasteiger partial charge < -0.3 is 0 Å². The van der Waals surface area contributed by atoms with Crippen molar-refractivity contribution in [3.05, 3.63) is 32.9 Å². The number of halogens is 2. The van der Waals surface area contributed by atoms with E-state index in [2.05, 4.69) is 44.6 Å². The molecular formula is C11H9BrINO. The number of carbonyl (C=O) groups is 1. The maximum Gasteiger partial charge on any atom is 0.147 e. The molecule has 0 aliphatic heterocycles. The molecule has 0 saturated heterocycles. The fourth-order valence-corrected chi connectivity index (χ4v) is 2.44. The number of alkyl halides is 1. The molecule has 0 N–H and O–H groups in total. The summed E-state index contributed by atoms with van der Waals surface area (Å²) in [6, 6.07) is 7.85. The topological polar surface area (TPSA) is 40.9 Å². The summed E-state index contributed by atoms with van der Waals surface area (Å²) in [5, 5.41) is 8.74. The number of hydrogen-bond donors (Lipinski definition) is 0. The zero-order valence-corrected chi connectivity index (χ0v) is 11.9. The Labute approximate surface area is 111 Å². The highest BCUT2D eigenvalue weighted by Crippen LogP contribution is 2.29. The minimum absolute atomic E-state index is 0.0520. The lowest BCUT2D eigenvalue weighted by molar-refractivity contribution is -0.116. The normalized spacial score (nSPS) is 11.9. The molecule has 1 rings (SSSR count). The number of nitrogens with zero attached hydrogens (tertiary/aromatic N) is 1. The Morgan fingerprint density at radius 1 is 1.67 bits per heavy atom.